The van der Waals surface area contributed by atoms with Crippen molar-refractivity contribution in [3.63, 3.8) is 0 Å². The zero-order valence-corrected chi connectivity index (χ0v) is 19.4. The Morgan fingerprint density at radius 2 is 1.61 bits per heavy atom. The van der Waals surface area contributed by atoms with Crippen molar-refractivity contribution in [2.75, 3.05) is 31.9 Å². The van der Waals surface area contributed by atoms with Crippen molar-refractivity contribution in [2.24, 2.45) is 0 Å². The first kappa shape index (κ1) is 21.8. The molecular formula is C24H22N4O3S2. The lowest BCUT2D eigenvalue weighted by Crippen LogP contribution is -2.50. The summed E-state index contributed by atoms with van der Waals surface area (Å²) < 4.78 is 27.8. The maximum atomic E-state index is 13.1. The van der Waals surface area contributed by atoms with Gasteiger partial charge in [-0.05, 0) is 29.0 Å². The Labute approximate surface area is 196 Å². The van der Waals surface area contributed by atoms with Gasteiger partial charge in [0.25, 0.3) is 0 Å². The number of carbonyl (C=O) groups is 1. The van der Waals surface area contributed by atoms with Gasteiger partial charge in [-0.2, -0.15) is 4.31 Å². The molecule has 0 atom stereocenters. The fourth-order valence-electron chi connectivity index (χ4n) is 3.97. The molecule has 0 bridgehead atoms. The number of nitrogens with zero attached hydrogens (tertiary/aromatic N) is 4. The molecule has 1 aromatic heterocycles. The van der Waals surface area contributed by atoms with Crippen LogP contribution in [0.1, 0.15) is 0 Å². The van der Waals surface area contributed by atoms with E-state index < -0.39 is 10.0 Å². The summed E-state index contributed by atoms with van der Waals surface area (Å²) in [6.45, 7) is 1.30. The van der Waals surface area contributed by atoms with Crippen molar-refractivity contribution >= 4 is 49.4 Å². The number of piperazine rings is 1. The van der Waals surface area contributed by atoms with Crippen LogP contribution in [0.3, 0.4) is 0 Å². The number of fused-ring (bicyclic) bond motifs is 2. The third-order valence-corrected chi connectivity index (χ3v) is 8.67. The number of thioether (sulfide) groups is 1. The van der Waals surface area contributed by atoms with Gasteiger partial charge in [-0.3, -0.25) is 4.79 Å². The third-order valence-electron chi connectivity index (χ3n) is 5.79. The number of hydrogen-bond acceptors (Lipinski definition) is 6. The summed E-state index contributed by atoms with van der Waals surface area (Å²) in [5, 5.41) is 3.58. The van der Waals surface area contributed by atoms with E-state index in [0.29, 0.717) is 13.1 Å². The van der Waals surface area contributed by atoms with Crippen LogP contribution in [-0.4, -0.2) is 65.4 Å². The van der Waals surface area contributed by atoms with Crippen molar-refractivity contribution < 1.29 is 13.2 Å². The van der Waals surface area contributed by atoms with Crippen LogP contribution in [0.15, 0.2) is 83.0 Å². The van der Waals surface area contributed by atoms with E-state index in [-0.39, 0.29) is 29.6 Å². The minimum atomic E-state index is -3.61. The van der Waals surface area contributed by atoms with Crippen LogP contribution in [0, 0.1) is 0 Å². The Kier molecular flexibility index (Phi) is 6.01. The zero-order valence-electron chi connectivity index (χ0n) is 17.8. The van der Waals surface area contributed by atoms with E-state index in [1.807, 2.05) is 54.6 Å². The fraction of sp³-hybridized carbons (Fsp3) is 0.208. The van der Waals surface area contributed by atoms with Gasteiger partial charge < -0.3 is 4.90 Å². The van der Waals surface area contributed by atoms with E-state index in [1.165, 1.54) is 22.4 Å². The predicted octanol–water partition coefficient (Wildman–Crippen LogP) is 3.41. The second-order valence-electron chi connectivity index (χ2n) is 7.78. The smallest absolute Gasteiger partial charge is 0.243 e. The second kappa shape index (κ2) is 9.09. The molecule has 0 spiro atoms. The maximum Gasteiger partial charge on any atom is 0.243 e. The molecular weight excluding hydrogens is 456 g/mol. The summed E-state index contributed by atoms with van der Waals surface area (Å²) in [6, 6.07) is 20.6. The molecule has 0 aliphatic carbocycles. The van der Waals surface area contributed by atoms with Gasteiger partial charge in [0.1, 0.15) is 11.4 Å². The van der Waals surface area contributed by atoms with Gasteiger partial charge in [0.2, 0.25) is 15.9 Å². The Hall–Kier alpha value is -3.01. The molecule has 0 N–H and O–H groups in total. The number of amides is 1. The monoisotopic (exact) mass is 478 g/mol. The number of sulfonamides is 1. The topological polar surface area (TPSA) is 83.5 Å². The lowest BCUT2D eigenvalue weighted by molar-refractivity contribution is -0.129. The summed E-state index contributed by atoms with van der Waals surface area (Å²) in [4.78, 5) is 23.4. The van der Waals surface area contributed by atoms with E-state index >= 15 is 0 Å². The first-order chi connectivity index (χ1) is 16.0. The van der Waals surface area contributed by atoms with Crippen LogP contribution in [-0.2, 0) is 14.8 Å². The van der Waals surface area contributed by atoms with E-state index in [9.17, 15) is 13.2 Å². The second-order valence-corrected chi connectivity index (χ2v) is 10.7. The SMILES string of the molecule is O=C(CSc1ncnc2ccccc12)N1CCN(S(=O)(=O)c2ccc3ccccc3c2)CC1. The molecule has 33 heavy (non-hydrogen) atoms. The highest BCUT2D eigenvalue weighted by Crippen LogP contribution is 2.25. The summed E-state index contributed by atoms with van der Waals surface area (Å²) in [6.07, 6.45) is 1.51. The van der Waals surface area contributed by atoms with Gasteiger partial charge in [0.05, 0.1) is 16.2 Å². The van der Waals surface area contributed by atoms with E-state index in [2.05, 4.69) is 9.97 Å². The van der Waals surface area contributed by atoms with Crippen molar-refractivity contribution in [1.82, 2.24) is 19.2 Å². The van der Waals surface area contributed by atoms with Crippen molar-refractivity contribution in [3.05, 3.63) is 73.1 Å². The highest BCUT2D eigenvalue weighted by molar-refractivity contribution is 8.00. The molecule has 168 valence electrons. The maximum absolute atomic E-state index is 13.1. The fourth-order valence-corrected chi connectivity index (χ4v) is 6.32. The largest absolute Gasteiger partial charge is 0.339 e. The zero-order chi connectivity index (χ0) is 22.8. The average molecular weight is 479 g/mol. The van der Waals surface area contributed by atoms with E-state index in [0.717, 1.165) is 26.7 Å². The molecule has 1 aliphatic heterocycles. The Bertz CT molecular complexity index is 1430. The van der Waals surface area contributed by atoms with Gasteiger partial charge in [-0.15, -0.1) is 0 Å². The number of rotatable bonds is 5. The van der Waals surface area contributed by atoms with Crippen LogP contribution >= 0.6 is 11.8 Å². The highest BCUT2D eigenvalue weighted by Gasteiger charge is 2.30. The normalized spacial score (nSPS) is 15.2. The molecule has 2 heterocycles. The molecule has 1 aliphatic rings. The molecule has 0 saturated carbocycles. The quantitative estimate of drug-likeness (QED) is 0.323. The third kappa shape index (κ3) is 4.44. The molecule has 4 aromatic rings. The van der Waals surface area contributed by atoms with E-state index in [1.54, 1.807) is 17.0 Å². The molecule has 1 saturated heterocycles. The molecule has 0 radical (unpaired) electrons. The lowest BCUT2D eigenvalue weighted by atomic mass is 10.1. The number of aromatic nitrogens is 2. The van der Waals surface area contributed by atoms with Crippen LogP contribution in [0.4, 0.5) is 0 Å². The van der Waals surface area contributed by atoms with Crippen LogP contribution in [0.2, 0.25) is 0 Å². The van der Waals surface area contributed by atoms with Crippen molar-refractivity contribution in [2.45, 2.75) is 9.92 Å². The molecule has 7 nitrogen and oxygen atoms in total. The van der Waals surface area contributed by atoms with E-state index in [4.69, 9.17) is 0 Å². The number of para-hydroxylation sites is 1. The average Bonchev–Trinajstić information content (AvgIpc) is 2.87. The van der Waals surface area contributed by atoms with Crippen LogP contribution in [0.25, 0.3) is 21.7 Å². The van der Waals surface area contributed by atoms with Crippen LogP contribution < -0.4 is 0 Å². The summed E-state index contributed by atoms with van der Waals surface area (Å²) >= 11 is 1.38. The predicted molar refractivity (Wildman–Crippen MR) is 130 cm³/mol. The minimum Gasteiger partial charge on any atom is -0.339 e. The highest BCUT2D eigenvalue weighted by atomic mass is 32.2. The number of hydrogen-bond donors (Lipinski definition) is 0. The molecule has 1 fully saturated rings. The first-order valence-corrected chi connectivity index (χ1v) is 13.0. The van der Waals surface area contributed by atoms with Gasteiger partial charge in [0, 0.05) is 31.6 Å². The lowest BCUT2D eigenvalue weighted by Gasteiger charge is -2.34. The van der Waals surface area contributed by atoms with Crippen LogP contribution in [0.5, 0.6) is 0 Å². The molecule has 5 rings (SSSR count). The minimum absolute atomic E-state index is 0.0227. The van der Waals surface area contributed by atoms with Crippen molar-refractivity contribution in [1.29, 1.82) is 0 Å². The Balaban J connectivity index is 1.22. The van der Waals surface area contributed by atoms with Gasteiger partial charge >= 0.3 is 0 Å². The Morgan fingerprint density at radius 3 is 2.42 bits per heavy atom. The van der Waals surface area contributed by atoms with Gasteiger partial charge in [-0.1, -0.05) is 60.3 Å². The molecule has 0 unspecified atom stereocenters. The molecule has 1 amide bonds. The van der Waals surface area contributed by atoms with Gasteiger partial charge in [-0.25, -0.2) is 18.4 Å². The number of carbonyl (C=O) groups excluding carboxylic acids is 1. The summed E-state index contributed by atoms with van der Waals surface area (Å²) in [5.74, 6) is 0.226. The Morgan fingerprint density at radius 1 is 0.879 bits per heavy atom. The summed E-state index contributed by atoms with van der Waals surface area (Å²) in [5.41, 5.74) is 0.843. The van der Waals surface area contributed by atoms with Gasteiger partial charge in [0.15, 0.2) is 0 Å². The number of benzene rings is 3. The molecule has 3 aromatic carbocycles. The molecule has 9 heteroatoms. The summed E-state index contributed by atoms with van der Waals surface area (Å²) in [7, 11) is -3.61. The standard InChI is InChI=1S/C24H22N4O3S2/c29-23(16-32-24-21-7-3-4-8-22(21)25-17-26-24)27-11-13-28(14-12-27)33(30,31)20-10-9-18-5-1-2-6-19(18)15-20/h1-10,15,17H,11-14,16H2. The van der Waals surface area contributed by atoms with Crippen molar-refractivity contribution in [3.8, 4) is 0 Å². The first-order valence-electron chi connectivity index (χ1n) is 10.6.